The zero-order valence-electron chi connectivity index (χ0n) is 16.5. The fraction of sp³-hybridized carbons (Fsp3) is 0.182. The highest BCUT2D eigenvalue weighted by Crippen LogP contribution is 2.34. The second-order valence-corrected chi connectivity index (χ2v) is 7.69. The first-order valence-corrected chi connectivity index (χ1v) is 10.2. The molecule has 10 heteroatoms. The van der Waals surface area contributed by atoms with Gasteiger partial charge in [-0.3, -0.25) is 4.79 Å². The zero-order valence-corrected chi connectivity index (χ0v) is 17.3. The minimum Gasteiger partial charge on any atom is -0.378 e. The van der Waals surface area contributed by atoms with Crippen LogP contribution in [0.4, 0.5) is 18.9 Å². The van der Waals surface area contributed by atoms with Crippen molar-refractivity contribution in [3.05, 3.63) is 75.4 Å². The number of morpholine rings is 1. The van der Waals surface area contributed by atoms with Gasteiger partial charge >= 0.3 is 0 Å². The van der Waals surface area contributed by atoms with Gasteiger partial charge in [0, 0.05) is 24.8 Å². The second-order valence-electron chi connectivity index (χ2n) is 7.29. The summed E-state index contributed by atoms with van der Waals surface area (Å²) in [6.07, 6.45) is 1.22. The maximum atomic E-state index is 15.0. The Morgan fingerprint density at radius 3 is 2.44 bits per heavy atom. The third-order valence-corrected chi connectivity index (χ3v) is 5.68. The summed E-state index contributed by atoms with van der Waals surface area (Å²) in [6, 6.07) is 7.80. The number of anilines is 1. The van der Waals surface area contributed by atoms with Gasteiger partial charge in [0.05, 0.1) is 29.3 Å². The number of aromatic amines is 1. The van der Waals surface area contributed by atoms with Crippen LogP contribution in [0.3, 0.4) is 0 Å². The van der Waals surface area contributed by atoms with Crippen molar-refractivity contribution in [2.45, 2.75) is 0 Å². The van der Waals surface area contributed by atoms with Crippen LogP contribution in [-0.4, -0.2) is 41.1 Å². The first-order valence-electron chi connectivity index (χ1n) is 9.82. The molecule has 1 fully saturated rings. The summed E-state index contributed by atoms with van der Waals surface area (Å²) >= 11 is 6.28. The van der Waals surface area contributed by atoms with E-state index >= 15 is 4.39 Å². The lowest BCUT2D eigenvalue weighted by Gasteiger charge is -2.29. The van der Waals surface area contributed by atoms with E-state index in [0.29, 0.717) is 32.0 Å². The van der Waals surface area contributed by atoms with E-state index in [4.69, 9.17) is 16.3 Å². The van der Waals surface area contributed by atoms with Crippen molar-refractivity contribution in [3.63, 3.8) is 0 Å². The lowest BCUT2D eigenvalue weighted by Crippen LogP contribution is -2.36. The van der Waals surface area contributed by atoms with Gasteiger partial charge in [-0.1, -0.05) is 23.7 Å². The minimum atomic E-state index is -0.883. The molecule has 0 spiro atoms. The van der Waals surface area contributed by atoms with Crippen LogP contribution in [-0.2, 0) is 4.74 Å². The Hall–Kier alpha value is -3.30. The molecule has 4 aromatic rings. The average molecular weight is 461 g/mol. The molecule has 164 valence electrons. The Bertz CT molecular complexity index is 1380. The molecule has 0 amide bonds. The van der Waals surface area contributed by atoms with E-state index in [1.165, 1.54) is 18.3 Å². The molecule has 1 aliphatic heterocycles. The molecule has 0 unspecified atom stereocenters. The maximum absolute atomic E-state index is 15.0. The Labute approximate surface area is 184 Å². The largest absolute Gasteiger partial charge is 0.378 e. The van der Waals surface area contributed by atoms with Gasteiger partial charge < -0.3 is 14.6 Å². The van der Waals surface area contributed by atoms with Crippen molar-refractivity contribution >= 4 is 28.2 Å². The Kier molecular flexibility index (Phi) is 5.15. The average Bonchev–Trinajstić information content (AvgIpc) is 3.18. The van der Waals surface area contributed by atoms with Crippen LogP contribution >= 0.6 is 11.6 Å². The standard InChI is InChI=1S/C22H16ClF3N4O2/c23-13-11-27-22(31)18-19(28-30(20(13)18)21-14(24)2-1-3-15(21)25)12-4-5-17(16(26)10-12)29-6-8-32-9-7-29/h1-5,10-11H,6-9H2,(H,27,31). The van der Waals surface area contributed by atoms with E-state index < -0.39 is 28.7 Å². The van der Waals surface area contributed by atoms with E-state index in [9.17, 15) is 13.6 Å². The molecule has 1 N–H and O–H groups in total. The number of aromatic nitrogens is 3. The van der Waals surface area contributed by atoms with Crippen LogP contribution in [0.2, 0.25) is 5.02 Å². The first-order chi connectivity index (χ1) is 15.5. The summed E-state index contributed by atoms with van der Waals surface area (Å²) in [4.78, 5) is 17.0. The molecule has 3 heterocycles. The Morgan fingerprint density at radius 2 is 1.75 bits per heavy atom. The quantitative estimate of drug-likeness (QED) is 0.495. The SMILES string of the molecule is O=c1[nH]cc(Cl)c2c1c(-c1ccc(N3CCOCC3)c(F)c1)nn2-c1c(F)cccc1F. The molecular weight excluding hydrogens is 445 g/mol. The van der Waals surface area contributed by atoms with Gasteiger partial charge in [-0.25, -0.2) is 17.9 Å². The van der Waals surface area contributed by atoms with Gasteiger partial charge in [0.2, 0.25) is 0 Å². The number of pyridine rings is 1. The van der Waals surface area contributed by atoms with Crippen LogP contribution in [0.25, 0.3) is 27.8 Å². The van der Waals surface area contributed by atoms with Crippen LogP contribution in [0.15, 0.2) is 47.4 Å². The molecule has 5 rings (SSSR count). The summed E-state index contributed by atoms with van der Waals surface area (Å²) in [6.45, 7) is 2.10. The van der Waals surface area contributed by atoms with E-state index in [1.807, 2.05) is 4.90 Å². The van der Waals surface area contributed by atoms with Crippen molar-refractivity contribution < 1.29 is 17.9 Å². The summed E-state index contributed by atoms with van der Waals surface area (Å²) in [5, 5.41) is 4.32. The molecule has 0 radical (unpaired) electrons. The van der Waals surface area contributed by atoms with Crippen LogP contribution in [0, 0.1) is 17.5 Å². The fourth-order valence-electron chi connectivity index (χ4n) is 3.89. The third-order valence-electron chi connectivity index (χ3n) is 5.39. The number of nitrogens with zero attached hydrogens (tertiary/aromatic N) is 3. The van der Waals surface area contributed by atoms with Crippen molar-refractivity contribution in [3.8, 4) is 16.9 Å². The van der Waals surface area contributed by atoms with E-state index in [-0.39, 0.29) is 27.2 Å². The monoisotopic (exact) mass is 460 g/mol. The lowest BCUT2D eigenvalue weighted by atomic mass is 10.1. The van der Waals surface area contributed by atoms with Crippen molar-refractivity contribution in [1.29, 1.82) is 0 Å². The number of ether oxygens (including phenoxy) is 1. The van der Waals surface area contributed by atoms with Crippen LogP contribution in [0.5, 0.6) is 0 Å². The molecule has 2 aromatic carbocycles. The summed E-state index contributed by atoms with van der Waals surface area (Å²) in [5.74, 6) is -2.28. The van der Waals surface area contributed by atoms with E-state index in [1.54, 1.807) is 12.1 Å². The van der Waals surface area contributed by atoms with E-state index in [0.717, 1.165) is 16.8 Å². The molecule has 0 saturated carbocycles. The highest BCUT2D eigenvalue weighted by Gasteiger charge is 2.24. The third kappa shape index (κ3) is 3.34. The number of rotatable bonds is 3. The van der Waals surface area contributed by atoms with Crippen molar-refractivity contribution in [1.82, 2.24) is 14.8 Å². The molecule has 32 heavy (non-hydrogen) atoms. The highest BCUT2D eigenvalue weighted by molar-refractivity contribution is 6.35. The molecule has 1 aliphatic rings. The fourth-order valence-corrected chi connectivity index (χ4v) is 4.12. The smallest absolute Gasteiger partial charge is 0.259 e. The van der Waals surface area contributed by atoms with Crippen LogP contribution < -0.4 is 10.5 Å². The van der Waals surface area contributed by atoms with E-state index in [2.05, 4.69) is 10.1 Å². The number of hydrogen-bond donors (Lipinski definition) is 1. The second kappa shape index (κ2) is 7.99. The molecule has 1 saturated heterocycles. The van der Waals surface area contributed by atoms with Crippen molar-refractivity contribution in [2.24, 2.45) is 0 Å². The minimum absolute atomic E-state index is 0.00123. The number of benzene rings is 2. The number of H-pyrrole nitrogens is 1. The Balaban J connectivity index is 1.73. The number of halogens is 4. The zero-order chi connectivity index (χ0) is 22.4. The predicted molar refractivity (Wildman–Crippen MR) is 115 cm³/mol. The van der Waals surface area contributed by atoms with Gasteiger partial charge in [0.15, 0.2) is 11.6 Å². The summed E-state index contributed by atoms with van der Waals surface area (Å²) in [7, 11) is 0. The predicted octanol–water partition coefficient (Wildman–Crippen LogP) is 4.29. The number of hydrogen-bond acceptors (Lipinski definition) is 4. The summed E-state index contributed by atoms with van der Waals surface area (Å²) in [5.41, 5.74) is -0.312. The lowest BCUT2D eigenvalue weighted by molar-refractivity contribution is 0.122. The topological polar surface area (TPSA) is 63.1 Å². The normalized spacial score (nSPS) is 14.3. The van der Waals surface area contributed by atoms with Crippen molar-refractivity contribution in [2.75, 3.05) is 31.2 Å². The molecule has 0 aliphatic carbocycles. The van der Waals surface area contributed by atoms with Gasteiger partial charge in [0.25, 0.3) is 5.56 Å². The number of para-hydroxylation sites is 1. The first kappa shape index (κ1) is 20.6. The van der Waals surface area contributed by atoms with Gasteiger partial charge in [0.1, 0.15) is 22.7 Å². The molecule has 2 aromatic heterocycles. The van der Waals surface area contributed by atoms with Gasteiger partial charge in [-0.05, 0) is 24.3 Å². The van der Waals surface area contributed by atoms with Gasteiger partial charge in [-0.2, -0.15) is 5.10 Å². The van der Waals surface area contributed by atoms with Gasteiger partial charge in [-0.15, -0.1) is 0 Å². The number of fused-ring (bicyclic) bond motifs is 1. The molecule has 0 bridgehead atoms. The highest BCUT2D eigenvalue weighted by atomic mass is 35.5. The summed E-state index contributed by atoms with van der Waals surface area (Å²) < 4.78 is 50.3. The Morgan fingerprint density at radius 1 is 1.03 bits per heavy atom. The van der Waals surface area contributed by atoms with Crippen LogP contribution in [0.1, 0.15) is 0 Å². The molecule has 0 atom stereocenters. The molecule has 6 nitrogen and oxygen atoms in total. The molecular formula is C22H16ClF3N4O2. The number of nitrogens with one attached hydrogen (secondary N) is 1. The maximum Gasteiger partial charge on any atom is 0.259 e.